The van der Waals surface area contributed by atoms with Gasteiger partial charge in [-0.2, -0.15) is 0 Å². The molecule has 4 aromatic rings. The van der Waals surface area contributed by atoms with E-state index in [1.54, 1.807) is 41.5 Å². The molecular weight excluding hydrogens is 1000 g/mol. The number of carbonyl (C=O) groups is 6. The molecule has 2 aliphatic rings. The van der Waals surface area contributed by atoms with E-state index in [1.165, 1.54) is 96.8 Å². The molecule has 0 aliphatic carbocycles. The lowest BCUT2D eigenvalue weighted by Crippen LogP contribution is -2.54. The number of ether oxygens (including phenoxy) is 4. The van der Waals surface area contributed by atoms with E-state index >= 15 is 0 Å². The molecule has 16 nitrogen and oxygen atoms in total. The molecule has 384 valence electrons. The summed E-state index contributed by atoms with van der Waals surface area (Å²) in [5, 5.41) is 3.14. The molecule has 71 heavy (non-hydrogen) atoms. The van der Waals surface area contributed by atoms with Crippen LogP contribution in [0.15, 0.2) is 84.9 Å². The number of esters is 2. The zero-order chi connectivity index (χ0) is 52.6. The minimum atomic E-state index is -0.678. The van der Waals surface area contributed by atoms with Gasteiger partial charge in [-0.25, -0.2) is 46.3 Å². The molecule has 1 N–H and O–H groups in total. The van der Waals surface area contributed by atoms with Gasteiger partial charge in [-0.15, -0.1) is 0 Å². The van der Waals surface area contributed by atoms with E-state index < -0.39 is 52.7 Å². The molecular formula is C50H59BrF4N6O10. The van der Waals surface area contributed by atoms with Crippen molar-refractivity contribution in [1.29, 1.82) is 0 Å². The number of methoxy groups -OCH3 is 2. The van der Waals surface area contributed by atoms with Crippen LogP contribution in [0.5, 0.6) is 0 Å². The smallest absolute Gasteiger partial charge is 0.410 e. The first-order valence-electron chi connectivity index (χ1n) is 22.3. The first kappa shape index (κ1) is 56.7. The number of urea groups is 2. The van der Waals surface area contributed by atoms with Crippen LogP contribution in [0.25, 0.3) is 0 Å². The second-order valence-corrected chi connectivity index (χ2v) is 18.5. The SMILES string of the molecule is CC(C)(C)OC(=O)N1CCN(C(=O)Nc2ccc(F)cc2)CC1.COC(=O)c1ccc(CBr)c(F)c1.COC(=O)c1ccc(CN(C(=O)N2CCN(C(=O)OC(C)(C)C)CC2)c2ccc(F)cc2)c(F)c1. The number of alkyl halides is 1. The number of nitrogens with one attached hydrogen (secondary N) is 1. The summed E-state index contributed by atoms with van der Waals surface area (Å²) in [6, 6.07) is 18.3. The molecule has 6 rings (SSSR count). The molecule has 2 saturated heterocycles. The number of hydrogen-bond acceptors (Lipinski definition) is 10. The summed E-state index contributed by atoms with van der Waals surface area (Å²) in [7, 11) is 2.46. The topological polar surface area (TPSA) is 168 Å². The molecule has 6 amide bonds. The van der Waals surface area contributed by atoms with Gasteiger partial charge in [0.15, 0.2) is 0 Å². The number of carbonyl (C=O) groups excluding carboxylic acids is 6. The summed E-state index contributed by atoms with van der Waals surface area (Å²) >= 11 is 3.13. The first-order chi connectivity index (χ1) is 33.4. The molecule has 21 heteroatoms. The average Bonchev–Trinajstić information content (AvgIpc) is 3.33. The van der Waals surface area contributed by atoms with E-state index in [4.69, 9.17) is 9.47 Å². The van der Waals surface area contributed by atoms with Crippen LogP contribution in [0.2, 0.25) is 0 Å². The van der Waals surface area contributed by atoms with Crippen LogP contribution in [0.4, 0.5) is 48.1 Å². The zero-order valence-electron chi connectivity index (χ0n) is 40.9. The van der Waals surface area contributed by atoms with Gasteiger partial charge in [0.05, 0.1) is 31.9 Å². The fraction of sp³-hybridized carbons (Fsp3) is 0.400. The maximum atomic E-state index is 14.8. The quantitative estimate of drug-likeness (QED) is 0.0815. The normalized spacial score (nSPS) is 13.6. The van der Waals surface area contributed by atoms with E-state index in [0.717, 1.165) is 6.07 Å². The molecule has 0 radical (unpaired) electrons. The van der Waals surface area contributed by atoms with Gasteiger partial charge in [0, 0.05) is 74.6 Å². The fourth-order valence-corrected chi connectivity index (χ4v) is 7.07. The lowest BCUT2D eigenvalue weighted by atomic mass is 10.1. The number of piperazine rings is 2. The van der Waals surface area contributed by atoms with Crippen LogP contribution in [0.1, 0.15) is 73.4 Å². The van der Waals surface area contributed by atoms with Crippen molar-refractivity contribution in [2.75, 3.05) is 76.8 Å². The fourth-order valence-electron chi connectivity index (χ4n) is 6.61. The van der Waals surface area contributed by atoms with Crippen molar-refractivity contribution >= 4 is 63.5 Å². The van der Waals surface area contributed by atoms with Crippen molar-refractivity contribution in [3.63, 3.8) is 0 Å². The van der Waals surface area contributed by atoms with E-state index in [1.807, 2.05) is 20.8 Å². The third kappa shape index (κ3) is 17.8. The molecule has 0 spiro atoms. The molecule has 0 unspecified atom stereocenters. The highest BCUT2D eigenvalue weighted by Crippen LogP contribution is 2.24. The second-order valence-electron chi connectivity index (χ2n) is 17.9. The maximum Gasteiger partial charge on any atom is 0.410 e. The number of amides is 6. The Labute approximate surface area is 418 Å². The Bertz CT molecular complexity index is 2470. The second kappa shape index (κ2) is 25.8. The minimum absolute atomic E-state index is 0.0478. The van der Waals surface area contributed by atoms with Crippen LogP contribution in [-0.2, 0) is 30.8 Å². The summed E-state index contributed by atoms with van der Waals surface area (Å²) in [4.78, 5) is 80.2. The highest BCUT2D eigenvalue weighted by molar-refractivity contribution is 9.08. The van der Waals surface area contributed by atoms with Crippen molar-refractivity contribution in [2.45, 2.75) is 64.6 Å². The van der Waals surface area contributed by atoms with Crippen LogP contribution >= 0.6 is 15.9 Å². The van der Waals surface area contributed by atoms with Gasteiger partial charge in [-0.05, 0) is 120 Å². The summed E-state index contributed by atoms with van der Waals surface area (Å²) < 4.78 is 74.0. The Morgan fingerprint density at radius 1 is 0.563 bits per heavy atom. The molecule has 2 heterocycles. The third-order valence-corrected chi connectivity index (χ3v) is 10.9. The van der Waals surface area contributed by atoms with Gasteiger partial charge < -0.3 is 43.9 Å². The van der Waals surface area contributed by atoms with Crippen molar-refractivity contribution < 1.29 is 65.3 Å². The summed E-state index contributed by atoms with van der Waals surface area (Å²) in [5.41, 5.74) is 0.714. The summed E-state index contributed by atoms with van der Waals surface area (Å²) in [5.74, 6) is -3.11. The van der Waals surface area contributed by atoms with E-state index in [-0.39, 0.29) is 67.4 Å². The van der Waals surface area contributed by atoms with Crippen LogP contribution in [0, 0.1) is 23.3 Å². The third-order valence-electron chi connectivity index (χ3n) is 10.3. The van der Waals surface area contributed by atoms with E-state index in [2.05, 4.69) is 30.7 Å². The largest absolute Gasteiger partial charge is 0.465 e. The lowest BCUT2D eigenvalue weighted by Gasteiger charge is -2.38. The van der Waals surface area contributed by atoms with E-state index in [9.17, 15) is 46.3 Å². The lowest BCUT2D eigenvalue weighted by molar-refractivity contribution is 0.0165. The number of hydrogen-bond donors (Lipinski definition) is 1. The first-order valence-corrected chi connectivity index (χ1v) is 23.4. The standard InChI is InChI=1S/C25H29F2N3O5.C16H22FN3O3.C9H8BrFO2/c1-25(2,3)35-24(33)29-13-11-28(12-14-29)23(32)30(20-9-7-19(26)8-10-20)16-18-6-5-17(15-21(18)27)22(31)34-4;1-16(2,3)23-15(22)20-10-8-19(9-11-20)14(21)18-13-6-4-12(17)5-7-13;1-13-9(12)6-2-3-7(5-10)8(11)4-6/h5-10,15H,11-14,16H2,1-4H3;4-7H,8-11H2,1-3H3,(H,18,21);2-4H,5H2,1H3. The molecule has 0 saturated carbocycles. The Morgan fingerprint density at radius 3 is 1.35 bits per heavy atom. The predicted octanol–water partition coefficient (Wildman–Crippen LogP) is 9.85. The minimum Gasteiger partial charge on any atom is -0.465 e. The Morgan fingerprint density at radius 2 is 0.958 bits per heavy atom. The van der Waals surface area contributed by atoms with Crippen LogP contribution in [-0.4, -0.2) is 134 Å². The van der Waals surface area contributed by atoms with Gasteiger partial charge in [0.1, 0.15) is 34.5 Å². The van der Waals surface area contributed by atoms with Gasteiger partial charge in [0.2, 0.25) is 0 Å². The highest BCUT2D eigenvalue weighted by atomic mass is 79.9. The molecule has 4 aromatic carbocycles. The van der Waals surface area contributed by atoms with Gasteiger partial charge in [-0.1, -0.05) is 28.1 Å². The van der Waals surface area contributed by atoms with Gasteiger partial charge in [0.25, 0.3) is 0 Å². The molecule has 0 atom stereocenters. The molecule has 0 bridgehead atoms. The number of anilines is 2. The Balaban J connectivity index is 0.000000259. The number of halogens is 5. The number of nitrogens with zero attached hydrogens (tertiary/aromatic N) is 5. The van der Waals surface area contributed by atoms with Crippen molar-refractivity contribution in [3.05, 3.63) is 130 Å². The summed E-state index contributed by atoms with van der Waals surface area (Å²) in [6.07, 6.45) is -0.816. The highest BCUT2D eigenvalue weighted by Gasteiger charge is 2.31. The zero-order valence-corrected chi connectivity index (χ0v) is 42.4. The Kier molecular flexibility index (Phi) is 20.6. The van der Waals surface area contributed by atoms with Crippen molar-refractivity contribution in [1.82, 2.24) is 19.6 Å². The van der Waals surface area contributed by atoms with Gasteiger partial charge >= 0.3 is 36.2 Å². The predicted molar refractivity (Wildman–Crippen MR) is 260 cm³/mol. The van der Waals surface area contributed by atoms with Crippen LogP contribution < -0.4 is 10.2 Å². The molecule has 2 fully saturated rings. The van der Waals surface area contributed by atoms with Crippen molar-refractivity contribution in [3.8, 4) is 0 Å². The maximum absolute atomic E-state index is 14.8. The number of rotatable bonds is 7. The summed E-state index contributed by atoms with van der Waals surface area (Å²) in [6.45, 7) is 13.4. The van der Waals surface area contributed by atoms with Gasteiger partial charge in [-0.3, -0.25) is 4.90 Å². The van der Waals surface area contributed by atoms with E-state index in [0.29, 0.717) is 48.4 Å². The van der Waals surface area contributed by atoms with Crippen molar-refractivity contribution in [2.24, 2.45) is 0 Å². The monoisotopic (exact) mass is 1060 g/mol. The molecule has 0 aromatic heterocycles. The molecule has 2 aliphatic heterocycles. The Hall–Kier alpha value is -6.90. The van der Waals surface area contributed by atoms with Crippen LogP contribution in [0.3, 0.4) is 0 Å². The number of benzene rings is 4. The average molecular weight is 1060 g/mol.